The minimum absolute atomic E-state index is 0.0689. The summed E-state index contributed by atoms with van der Waals surface area (Å²) in [6.07, 6.45) is 8.65. The highest BCUT2D eigenvalue weighted by Gasteiger charge is 2.07. The Labute approximate surface area is 85.5 Å². The van der Waals surface area contributed by atoms with Gasteiger partial charge in [-0.25, -0.2) is 0 Å². The van der Waals surface area contributed by atoms with Crippen LogP contribution < -0.4 is 5.32 Å². The van der Waals surface area contributed by atoms with Crippen LogP contribution in [-0.4, -0.2) is 38.0 Å². The Hall–Kier alpha value is -1.09. The van der Waals surface area contributed by atoms with Crippen LogP contribution in [0.15, 0.2) is 23.8 Å². The van der Waals surface area contributed by atoms with Crippen molar-refractivity contribution in [3.63, 3.8) is 0 Å². The van der Waals surface area contributed by atoms with Gasteiger partial charge in [-0.15, -0.1) is 0 Å². The summed E-state index contributed by atoms with van der Waals surface area (Å²) in [5, 5.41) is 2.62. The molecule has 0 unspecified atom stereocenters. The topological polar surface area (TPSA) is 32.3 Å². The van der Waals surface area contributed by atoms with Crippen molar-refractivity contribution < 1.29 is 4.79 Å². The van der Waals surface area contributed by atoms with E-state index in [2.05, 4.69) is 23.5 Å². The van der Waals surface area contributed by atoms with Crippen molar-refractivity contribution in [3.8, 4) is 0 Å². The van der Waals surface area contributed by atoms with Crippen LogP contribution in [0.4, 0.5) is 0 Å². The van der Waals surface area contributed by atoms with Crippen LogP contribution in [0.2, 0.25) is 0 Å². The first kappa shape index (κ1) is 11.0. The molecule has 0 atom stereocenters. The second-order valence-electron chi connectivity index (χ2n) is 3.64. The zero-order valence-electron chi connectivity index (χ0n) is 8.92. The largest absolute Gasteiger partial charge is 0.358 e. The molecule has 0 fully saturated rings. The number of nitrogens with one attached hydrogen (secondary N) is 1. The predicted molar refractivity (Wildman–Crippen MR) is 58.0 cm³/mol. The van der Waals surface area contributed by atoms with Crippen molar-refractivity contribution in [2.75, 3.05) is 27.2 Å². The van der Waals surface area contributed by atoms with Gasteiger partial charge in [0, 0.05) is 13.6 Å². The Morgan fingerprint density at radius 1 is 1.64 bits per heavy atom. The van der Waals surface area contributed by atoms with E-state index < -0.39 is 0 Å². The molecule has 1 N–H and O–H groups in total. The monoisotopic (exact) mass is 194 g/mol. The van der Waals surface area contributed by atoms with Crippen LogP contribution in [0, 0.1) is 0 Å². The summed E-state index contributed by atoms with van der Waals surface area (Å²) in [6.45, 7) is 1.36. The molecule has 3 nitrogen and oxygen atoms in total. The van der Waals surface area contributed by atoms with Gasteiger partial charge in [-0.05, 0) is 19.9 Å². The lowest BCUT2D eigenvalue weighted by atomic mass is 10.1. The smallest absolute Gasteiger partial charge is 0.233 e. The van der Waals surface area contributed by atoms with Crippen molar-refractivity contribution in [2.24, 2.45) is 0 Å². The van der Waals surface area contributed by atoms with E-state index in [0.29, 0.717) is 6.54 Å². The molecule has 0 aromatic heterocycles. The minimum Gasteiger partial charge on any atom is -0.358 e. The standard InChI is InChI=1S/C11H18N2O/c1-12-11(14)9-13(2)8-10-6-4-3-5-7-10/h3-4,6H,5,7-9H2,1-2H3,(H,12,14). The maximum absolute atomic E-state index is 11.1. The number of allylic oxidation sites excluding steroid dienone is 3. The number of nitrogens with zero attached hydrogens (tertiary/aromatic N) is 1. The molecule has 0 heterocycles. The first-order chi connectivity index (χ1) is 6.72. The number of carbonyl (C=O) groups excluding carboxylic acids is 1. The molecule has 0 aromatic carbocycles. The highest BCUT2D eigenvalue weighted by atomic mass is 16.1. The van der Waals surface area contributed by atoms with E-state index in [1.165, 1.54) is 5.57 Å². The fourth-order valence-corrected chi connectivity index (χ4v) is 1.51. The van der Waals surface area contributed by atoms with Gasteiger partial charge < -0.3 is 5.32 Å². The van der Waals surface area contributed by atoms with Crippen LogP contribution in [0.25, 0.3) is 0 Å². The maximum Gasteiger partial charge on any atom is 0.233 e. The van der Waals surface area contributed by atoms with E-state index in [-0.39, 0.29) is 5.91 Å². The fraction of sp³-hybridized carbons (Fsp3) is 0.545. The van der Waals surface area contributed by atoms with E-state index in [4.69, 9.17) is 0 Å². The van der Waals surface area contributed by atoms with Gasteiger partial charge in [0.1, 0.15) is 0 Å². The third-order valence-corrected chi connectivity index (χ3v) is 2.27. The third-order valence-electron chi connectivity index (χ3n) is 2.27. The summed E-state index contributed by atoms with van der Waals surface area (Å²) in [7, 11) is 3.63. The molecule has 0 aromatic rings. The molecule has 78 valence electrons. The number of carbonyl (C=O) groups is 1. The first-order valence-corrected chi connectivity index (χ1v) is 4.96. The van der Waals surface area contributed by atoms with E-state index in [0.717, 1.165) is 19.4 Å². The first-order valence-electron chi connectivity index (χ1n) is 4.96. The van der Waals surface area contributed by atoms with Gasteiger partial charge in [-0.2, -0.15) is 0 Å². The van der Waals surface area contributed by atoms with Crippen LogP contribution >= 0.6 is 0 Å². The molecule has 1 aliphatic rings. The molecule has 3 heteroatoms. The normalized spacial score (nSPS) is 15.5. The Morgan fingerprint density at radius 2 is 2.43 bits per heavy atom. The van der Waals surface area contributed by atoms with Gasteiger partial charge in [-0.1, -0.05) is 23.8 Å². The summed E-state index contributed by atoms with van der Waals surface area (Å²) < 4.78 is 0. The van der Waals surface area contributed by atoms with Crippen LogP contribution in [0.3, 0.4) is 0 Å². The van der Waals surface area contributed by atoms with Gasteiger partial charge >= 0.3 is 0 Å². The van der Waals surface area contributed by atoms with Crippen LogP contribution in [-0.2, 0) is 4.79 Å². The minimum atomic E-state index is 0.0689. The second-order valence-corrected chi connectivity index (χ2v) is 3.64. The van der Waals surface area contributed by atoms with Crippen molar-refractivity contribution in [1.29, 1.82) is 0 Å². The van der Waals surface area contributed by atoms with Gasteiger partial charge in [0.05, 0.1) is 6.54 Å². The lowest BCUT2D eigenvalue weighted by Crippen LogP contribution is -2.34. The van der Waals surface area contributed by atoms with Gasteiger partial charge in [-0.3, -0.25) is 9.69 Å². The third kappa shape index (κ3) is 3.75. The van der Waals surface area contributed by atoms with E-state index >= 15 is 0 Å². The molecule has 14 heavy (non-hydrogen) atoms. The summed E-state index contributed by atoms with van der Waals surface area (Å²) >= 11 is 0. The van der Waals surface area contributed by atoms with Crippen molar-refractivity contribution in [3.05, 3.63) is 23.8 Å². The molecule has 0 spiro atoms. The Kier molecular flexibility index (Phi) is 4.40. The van der Waals surface area contributed by atoms with Gasteiger partial charge in [0.15, 0.2) is 0 Å². The Bertz CT molecular complexity index is 256. The molecule has 0 bridgehead atoms. The number of hydrogen-bond donors (Lipinski definition) is 1. The molecule has 1 aliphatic carbocycles. The molecular weight excluding hydrogens is 176 g/mol. The number of hydrogen-bond acceptors (Lipinski definition) is 2. The number of likely N-dealkylation sites (N-methyl/N-ethyl adjacent to an activating group) is 2. The van der Waals surface area contributed by atoms with Crippen molar-refractivity contribution >= 4 is 5.91 Å². The molecule has 1 rings (SSSR count). The van der Waals surface area contributed by atoms with Crippen LogP contribution in [0.5, 0.6) is 0 Å². The summed E-state index contributed by atoms with van der Waals surface area (Å²) in [6, 6.07) is 0. The highest BCUT2D eigenvalue weighted by molar-refractivity contribution is 5.77. The average molecular weight is 194 g/mol. The van der Waals surface area contributed by atoms with Crippen molar-refractivity contribution in [1.82, 2.24) is 10.2 Å². The Balaban J connectivity index is 2.32. The zero-order chi connectivity index (χ0) is 10.4. The Morgan fingerprint density at radius 3 is 3.00 bits per heavy atom. The van der Waals surface area contributed by atoms with Crippen LogP contribution in [0.1, 0.15) is 12.8 Å². The van der Waals surface area contributed by atoms with E-state index in [1.807, 2.05) is 11.9 Å². The summed E-state index contributed by atoms with van der Waals surface area (Å²) in [5.41, 5.74) is 1.40. The maximum atomic E-state index is 11.1. The van der Waals surface area contributed by atoms with Gasteiger partial charge in [0.2, 0.25) is 5.91 Å². The lowest BCUT2D eigenvalue weighted by molar-refractivity contribution is -0.121. The quantitative estimate of drug-likeness (QED) is 0.722. The SMILES string of the molecule is CNC(=O)CN(C)CC1=CC=CCC1. The molecule has 0 saturated carbocycles. The zero-order valence-corrected chi connectivity index (χ0v) is 8.92. The molecule has 0 aliphatic heterocycles. The fourth-order valence-electron chi connectivity index (χ4n) is 1.51. The predicted octanol–water partition coefficient (Wildman–Crippen LogP) is 0.941. The summed E-state index contributed by atoms with van der Waals surface area (Å²) in [5.74, 6) is 0.0689. The molecular formula is C11H18N2O. The highest BCUT2D eigenvalue weighted by Crippen LogP contribution is 2.12. The summed E-state index contributed by atoms with van der Waals surface area (Å²) in [4.78, 5) is 13.1. The number of amides is 1. The molecule has 1 amide bonds. The number of rotatable bonds is 4. The lowest BCUT2D eigenvalue weighted by Gasteiger charge is -2.18. The van der Waals surface area contributed by atoms with Crippen molar-refractivity contribution in [2.45, 2.75) is 12.8 Å². The average Bonchev–Trinajstić information content (AvgIpc) is 2.19. The van der Waals surface area contributed by atoms with E-state index in [9.17, 15) is 4.79 Å². The van der Waals surface area contributed by atoms with E-state index in [1.54, 1.807) is 7.05 Å². The van der Waals surface area contributed by atoms with Gasteiger partial charge in [0.25, 0.3) is 0 Å². The molecule has 0 radical (unpaired) electrons. The second kappa shape index (κ2) is 5.60. The molecule has 0 saturated heterocycles.